The Kier molecular flexibility index (Phi) is 5.59. The maximum absolute atomic E-state index is 11.7. The number of benzene rings is 2. The predicted octanol–water partition coefficient (Wildman–Crippen LogP) is 4.40. The van der Waals surface area contributed by atoms with E-state index in [0.717, 1.165) is 11.0 Å². The SMILES string of the molecule is C[B]c1ccc([C@H]2[C@@H](CC)C(C(=O)O)=NN2c2ccc(Cl)cc2Cl)cc1. The standard InChI is InChI=1S/C19H18BCl2N2O2/c1-3-14-17(19(25)26)23-24(16-9-8-13(21)10-15(16)22)18(14)11-4-6-12(20-2)7-5-11/h4-10,14,18H,3H2,1-2H3,(H,25,26)/t14-,18-/m0/s1. The molecule has 26 heavy (non-hydrogen) atoms. The number of rotatable bonds is 5. The molecule has 0 saturated carbocycles. The molecule has 1 heterocycles. The van der Waals surface area contributed by atoms with Gasteiger partial charge in [0.25, 0.3) is 0 Å². The lowest BCUT2D eigenvalue weighted by Gasteiger charge is -2.28. The molecule has 2 atom stereocenters. The highest BCUT2D eigenvalue weighted by Crippen LogP contribution is 2.43. The fourth-order valence-electron chi connectivity index (χ4n) is 3.32. The largest absolute Gasteiger partial charge is 0.477 e. The first-order chi connectivity index (χ1) is 12.5. The smallest absolute Gasteiger partial charge is 0.352 e. The summed E-state index contributed by atoms with van der Waals surface area (Å²) in [6, 6.07) is 13.0. The maximum Gasteiger partial charge on any atom is 0.352 e. The zero-order chi connectivity index (χ0) is 18.8. The van der Waals surface area contributed by atoms with E-state index in [-0.39, 0.29) is 17.7 Å². The maximum atomic E-state index is 11.7. The number of carboxylic acid groups (broad SMARTS) is 1. The summed E-state index contributed by atoms with van der Waals surface area (Å²) in [5.74, 6) is -1.25. The van der Waals surface area contributed by atoms with Crippen molar-refractivity contribution in [2.75, 3.05) is 5.01 Å². The number of carboxylic acids is 1. The third kappa shape index (κ3) is 3.46. The van der Waals surface area contributed by atoms with Crippen LogP contribution in [0.4, 0.5) is 5.69 Å². The molecule has 0 fully saturated rings. The Morgan fingerprint density at radius 2 is 1.92 bits per heavy atom. The Morgan fingerprint density at radius 3 is 2.46 bits per heavy atom. The molecule has 0 spiro atoms. The van der Waals surface area contributed by atoms with E-state index in [1.54, 1.807) is 23.2 Å². The number of hydrogen-bond acceptors (Lipinski definition) is 3. The van der Waals surface area contributed by atoms with E-state index in [1.165, 1.54) is 0 Å². The van der Waals surface area contributed by atoms with E-state index >= 15 is 0 Å². The third-order valence-electron chi connectivity index (χ3n) is 4.64. The van der Waals surface area contributed by atoms with Gasteiger partial charge in [0, 0.05) is 10.9 Å². The average Bonchev–Trinajstić information content (AvgIpc) is 3.01. The highest BCUT2D eigenvalue weighted by Gasteiger charge is 2.41. The van der Waals surface area contributed by atoms with Gasteiger partial charge in [-0.3, -0.25) is 5.01 Å². The number of carbonyl (C=O) groups is 1. The number of halogens is 2. The van der Waals surface area contributed by atoms with Crippen LogP contribution in [-0.2, 0) is 4.79 Å². The number of anilines is 1. The summed E-state index contributed by atoms with van der Waals surface area (Å²) >= 11 is 12.4. The number of nitrogens with zero attached hydrogens (tertiary/aromatic N) is 2. The summed E-state index contributed by atoms with van der Waals surface area (Å²) in [4.78, 5) is 11.7. The fourth-order valence-corrected chi connectivity index (χ4v) is 3.82. The first-order valence-corrected chi connectivity index (χ1v) is 9.17. The Labute approximate surface area is 163 Å². The molecule has 7 heteroatoms. The average molecular weight is 388 g/mol. The molecule has 0 saturated heterocycles. The summed E-state index contributed by atoms with van der Waals surface area (Å²) in [5, 5.41) is 16.7. The van der Waals surface area contributed by atoms with E-state index in [4.69, 9.17) is 23.2 Å². The van der Waals surface area contributed by atoms with Crippen molar-refractivity contribution in [3.63, 3.8) is 0 Å². The van der Waals surface area contributed by atoms with Gasteiger partial charge in [-0.1, -0.05) is 66.7 Å². The van der Waals surface area contributed by atoms with Crippen LogP contribution in [0.15, 0.2) is 47.6 Å². The van der Waals surface area contributed by atoms with E-state index in [9.17, 15) is 9.90 Å². The van der Waals surface area contributed by atoms with E-state index < -0.39 is 5.97 Å². The molecule has 1 radical (unpaired) electrons. The normalized spacial score (nSPS) is 19.4. The molecule has 3 rings (SSSR count). The van der Waals surface area contributed by atoms with Crippen LogP contribution in [0.25, 0.3) is 0 Å². The molecular weight excluding hydrogens is 370 g/mol. The molecule has 0 aliphatic carbocycles. The third-order valence-corrected chi connectivity index (χ3v) is 5.18. The number of hydrogen-bond donors (Lipinski definition) is 1. The minimum absolute atomic E-state index is 0.148. The van der Waals surface area contributed by atoms with Gasteiger partial charge in [-0.2, -0.15) is 5.10 Å². The minimum Gasteiger partial charge on any atom is -0.477 e. The lowest BCUT2D eigenvalue weighted by Crippen LogP contribution is -2.28. The van der Waals surface area contributed by atoms with Gasteiger partial charge in [0.1, 0.15) is 7.28 Å². The van der Waals surface area contributed by atoms with Gasteiger partial charge in [-0.25, -0.2) is 4.79 Å². The van der Waals surface area contributed by atoms with Crippen LogP contribution >= 0.6 is 23.2 Å². The molecule has 1 aliphatic heterocycles. The second-order valence-corrected chi connectivity index (χ2v) is 6.99. The van der Waals surface area contributed by atoms with E-state index in [2.05, 4.69) is 5.10 Å². The van der Waals surface area contributed by atoms with Crippen molar-refractivity contribution in [1.82, 2.24) is 0 Å². The van der Waals surface area contributed by atoms with E-state index in [0.29, 0.717) is 22.2 Å². The highest BCUT2D eigenvalue weighted by atomic mass is 35.5. The summed E-state index contributed by atoms with van der Waals surface area (Å²) in [6.07, 6.45) is 0.652. The van der Waals surface area contributed by atoms with Gasteiger partial charge in [0.15, 0.2) is 5.71 Å². The molecule has 133 valence electrons. The van der Waals surface area contributed by atoms with Crippen LogP contribution in [0.5, 0.6) is 0 Å². The van der Waals surface area contributed by atoms with Gasteiger partial charge < -0.3 is 5.11 Å². The molecule has 0 bridgehead atoms. The van der Waals surface area contributed by atoms with Crippen molar-refractivity contribution < 1.29 is 9.90 Å². The van der Waals surface area contributed by atoms with Gasteiger partial charge in [-0.15, -0.1) is 0 Å². The van der Waals surface area contributed by atoms with Crippen LogP contribution in [0.2, 0.25) is 16.9 Å². The topological polar surface area (TPSA) is 52.9 Å². The van der Waals surface area contributed by atoms with Crippen molar-refractivity contribution in [3.8, 4) is 0 Å². The second kappa shape index (κ2) is 7.72. The molecule has 1 aliphatic rings. The van der Waals surface area contributed by atoms with Crippen LogP contribution in [0, 0.1) is 5.92 Å². The Hall–Kier alpha value is -1.98. The second-order valence-electron chi connectivity index (χ2n) is 6.15. The van der Waals surface area contributed by atoms with Crippen LogP contribution in [0.1, 0.15) is 24.9 Å². The lowest BCUT2D eigenvalue weighted by molar-refractivity contribution is -0.129. The van der Waals surface area contributed by atoms with Gasteiger partial charge in [-0.05, 0) is 30.2 Å². The van der Waals surface area contributed by atoms with Gasteiger partial charge >= 0.3 is 5.97 Å². The quantitative estimate of drug-likeness (QED) is 0.773. The lowest BCUT2D eigenvalue weighted by atomic mass is 9.73. The predicted molar refractivity (Wildman–Crippen MR) is 108 cm³/mol. The Bertz CT molecular complexity index is 855. The van der Waals surface area contributed by atoms with Gasteiger partial charge in [0.2, 0.25) is 0 Å². The summed E-state index contributed by atoms with van der Waals surface area (Å²) in [5.41, 5.74) is 2.89. The molecule has 0 aromatic heterocycles. The van der Waals surface area contributed by atoms with E-state index in [1.807, 2.05) is 45.3 Å². The van der Waals surface area contributed by atoms with Crippen molar-refractivity contribution >= 4 is 53.3 Å². The van der Waals surface area contributed by atoms with Crippen molar-refractivity contribution in [1.29, 1.82) is 0 Å². The van der Waals surface area contributed by atoms with Crippen LogP contribution in [-0.4, -0.2) is 24.1 Å². The van der Waals surface area contributed by atoms with Crippen molar-refractivity contribution in [2.24, 2.45) is 11.0 Å². The Morgan fingerprint density at radius 1 is 1.23 bits per heavy atom. The van der Waals surface area contributed by atoms with Crippen LogP contribution < -0.4 is 10.5 Å². The Balaban J connectivity index is 2.11. The zero-order valence-electron chi connectivity index (χ0n) is 14.5. The highest BCUT2D eigenvalue weighted by molar-refractivity contribution is 6.51. The number of hydrazone groups is 1. The fraction of sp³-hybridized carbons (Fsp3) is 0.263. The molecule has 0 unspecified atom stereocenters. The molecule has 2 aromatic rings. The molecule has 2 aromatic carbocycles. The van der Waals surface area contributed by atoms with Crippen LogP contribution in [0.3, 0.4) is 0 Å². The summed E-state index contributed by atoms with van der Waals surface area (Å²) in [7, 11) is 2.02. The molecular formula is C19H18BCl2N2O2. The molecule has 1 N–H and O–H groups in total. The van der Waals surface area contributed by atoms with Gasteiger partial charge in [0.05, 0.1) is 16.8 Å². The molecule has 4 nitrogen and oxygen atoms in total. The summed E-state index contributed by atoms with van der Waals surface area (Å²) < 4.78 is 0. The zero-order valence-corrected chi connectivity index (χ0v) is 16.0. The van der Waals surface area contributed by atoms with Crippen molar-refractivity contribution in [2.45, 2.75) is 26.2 Å². The minimum atomic E-state index is -1.01. The first kappa shape index (κ1) is 18.8. The molecule has 0 amide bonds. The number of aliphatic carboxylic acids is 1. The monoisotopic (exact) mass is 387 g/mol. The van der Waals surface area contributed by atoms with Crippen molar-refractivity contribution in [3.05, 3.63) is 58.1 Å². The summed E-state index contributed by atoms with van der Waals surface area (Å²) in [6.45, 7) is 3.95. The first-order valence-electron chi connectivity index (χ1n) is 8.41.